The van der Waals surface area contributed by atoms with Gasteiger partial charge in [-0.25, -0.2) is 12.8 Å². The minimum Gasteiger partial charge on any atom is -0.312 e. The molecular formula is C20H21FN2O3S. The minimum absolute atomic E-state index is 0.0140. The van der Waals surface area contributed by atoms with E-state index in [0.29, 0.717) is 13.0 Å². The molecule has 0 N–H and O–H groups in total. The molecule has 1 aliphatic carbocycles. The fourth-order valence-electron chi connectivity index (χ4n) is 3.40. The zero-order valence-electron chi connectivity index (χ0n) is 14.8. The fraction of sp³-hybridized carbons (Fsp3) is 0.350. The van der Waals surface area contributed by atoms with Gasteiger partial charge in [0.15, 0.2) is 0 Å². The van der Waals surface area contributed by atoms with E-state index >= 15 is 0 Å². The highest BCUT2D eigenvalue weighted by molar-refractivity contribution is 7.89. The Bertz CT molecular complexity index is 938. The summed E-state index contributed by atoms with van der Waals surface area (Å²) in [6.07, 6.45) is 3.03. The van der Waals surface area contributed by atoms with Crippen molar-refractivity contribution in [3.8, 4) is 0 Å². The number of carbonyl (C=O) groups is 1. The number of nitrogens with zero attached hydrogens (tertiary/aromatic N) is 2. The SMILES string of the molecule is O=C1CCCN1c1ccc(S(=O)(=O)N(Cc2ccc(F)cc2)C2CC2)cc1. The largest absolute Gasteiger partial charge is 0.312 e. The zero-order valence-corrected chi connectivity index (χ0v) is 15.7. The first kappa shape index (κ1) is 18.1. The van der Waals surface area contributed by atoms with Crippen LogP contribution in [0.2, 0.25) is 0 Å². The molecule has 0 unspecified atom stereocenters. The maximum absolute atomic E-state index is 13.2. The van der Waals surface area contributed by atoms with Crippen LogP contribution < -0.4 is 4.90 Å². The third-order valence-electron chi connectivity index (χ3n) is 5.03. The normalized spacial score (nSPS) is 17.7. The van der Waals surface area contributed by atoms with E-state index in [-0.39, 0.29) is 29.2 Å². The average molecular weight is 388 g/mol. The van der Waals surface area contributed by atoms with Gasteiger partial charge in [0.25, 0.3) is 0 Å². The van der Waals surface area contributed by atoms with Crippen LogP contribution in [0.15, 0.2) is 53.4 Å². The second kappa shape index (κ2) is 7.05. The molecule has 1 saturated carbocycles. The Balaban J connectivity index is 1.58. The molecule has 0 aromatic heterocycles. The van der Waals surface area contributed by atoms with Crippen LogP contribution in [0, 0.1) is 5.82 Å². The van der Waals surface area contributed by atoms with Gasteiger partial charge in [-0.2, -0.15) is 4.31 Å². The van der Waals surface area contributed by atoms with Gasteiger partial charge in [0.2, 0.25) is 15.9 Å². The molecule has 7 heteroatoms. The van der Waals surface area contributed by atoms with Crippen molar-refractivity contribution in [1.82, 2.24) is 4.31 Å². The number of amides is 1. The van der Waals surface area contributed by atoms with Crippen LogP contribution in [-0.4, -0.2) is 31.2 Å². The van der Waals surface area contributed by atoms with E-state index in [1.165, 1.54) is 16.4 Å². The monoisotopic (exact) mass is 388 g/mol. The zero-order chi connectivity index (χ0) is 19.0. The maximum Gasteiger partial charge on any atom is 0.243 e. The number of carbonyl (C=O) groups excluding carboxylic acids is 1. The van der Waals surface area contributed by atoms with Crippen molar-refractivity contribution in [2.75, 3.05) is 11.4 Å². The van der Waals surface area contributed by atoms with Gasteiger partial charge in [-0.3, -0.25) is 4.79 Å². The van der Waals surface area contributed by atoms with Crippen molar-refractivity contribution in [2.24, 2.45) is 0 Å². The Morgan fingerprint density at radius 2 is 1.70 bits per heavy atom. The molecule has 1 heterocycles. The summed E-state index contributed by atoms with van der Waals surface area (Å²) in [5, 5.41) is 0. The van der Waals surface area contributed by atoms with Crippen LogP contribution in [0.5, 0.6) is 0 Å². The molecule has 2 aliphatic rings. The lowest BCUT2D eigenvalue weighted by Gasteiger charge is -2.23. The first-order chi connectivity index (χ1) is 12.9. The number of hydrogen-bond acceptors (Lipinski definition) is 3. The molecule has 4 rings (SSSR count). The summed E-state index contributed by atoms with van der Waals surface area (Å²) in [6, 6.07) is 12.4. The second-order valence-corrected chi connectivity index (χ2v) is 8.94. The summed E-state index contributed by atoms with van der Waals surface area (Å²) in [7, 11) is -3.66. The molecule has 142 valence electrons. The summed E-state index contributed by atoms with van der Waals surface area (Å²) in [5.74, 6) is -0.270. The Kier molecular flexibility index (Phi) is 4.74. The second-order valence-electron chi connectivity index (χ2n) is 7.05. The van der Waals surface area contributed by atoms with E-state index in [1.807, 2.05) is 0 Å². The van der Waals surface area contributed by atoms with Crippen LogP contribution in [0.4, 0.5) is 10.1 Å². The van der Waals surface area contributed by atoms with Crippen molar-refractivity contribution in [3.63, 3.8) is 0 Å². The fourth-order valence-corrected chi connectivity index (χ4v) is 5.07. The number of rotatable bonds is 6. The van der Waals surface area contributed by atoms with Crippen LogP contribution in [0.1, 0.15) is 31.2 Å². The summed E-state index contributed by atoms with van der Waals surface area (Å²) in [5.41, 5.74) is 1.49. The minimum atomic E-state index is -3.66. The number of anilines is 1. The van der Waals surface area contributed by atoms with E-state index in [4.69, 9.17) is 0 Å². The quantitative estimate of drug-likeness (QED) is 0.763. The Morgan fingerprint density at radius 3 is 2.26 bits per heavy atom. The van der Waals surface area contributed by atoms with E-state index in [9.17, 15) is 17.6 Å². The van der Waals surface area contributed by atoms with Gasteiger partial charge in [-0.1, -0.05) is 12.1 Å². The first-order valence-electron chi connectivity index (χ1n) is 9.12. The third-order valence-corrected chi connectivity index (χ3v) is 6.95. The third kappa shape index (κ3) is 3.75. The van der Waals surface area contributed by atoms with Gasteiger partial charge >= 0.3 is 0 Å². The highest BCUT2D eigenvalue weighted by Gasteiger charge is 2.38. The summed E-state index contributed by atoms with van der Waals surface area (Å²) in [6.45, 7) is 0.892. The lowest BCUT2D eigenvalue weighted by molar-refractivity contribution is -0.117. The van der Waals surface area contributed by atoms with Gasteiger partial charge in [-0.05, 0) is 61.2 Å². The van der Waals surface area contributed by atoms with Gasteiger partial charge in [0.05, 0.1) is 4.90 Å². The summed E-state index contributed by atoms with van der Waals surface area (Å²) < 4.78 is 40.9. The molecule has 0 radical (unpaired) electrons. The number of halogens is 1. The average Bonchev–Trinajstić information content (AvgIpc) is 3.41. The van der Waals surface area contributed by atoms with Gasteiger partial charge < -0.3 is 4.90 Å². The van der Waals surface area contributed by atoms with E-state index < -0.39 is 10.0 Å². The van der Waals surface area contributed by atoms with Crippen LogP contribution in [-0.2, 0) is 21.4 Å². The van der Waals surface area contributed by atoms with Crippen molar-refractivity contribution in [1.29, 1.82) is 0 Å². The van der Waals surface area contributed by atoms with Crippen LogP contribution in [0.3, 0.4) is 0 Å². The molecular weight excluding hydrogens is 367 g/mol. The number of sulfonamides is 1. The highest BCUT2D eigenvalue weighted by Crippen LogP contribution is 2.34. The van der Waals surface area contributed by atoms with Crippen molar-refractivity contribution in [2.45, 2.75) is 43.2 Å². The smallest absolute Gasteiger partial charge is 0.243 e. The van der Waals surface area contributed by atoms with Crippen molar-refractivity contribution >= 4 is 21.6 Å². The van der Waals surface area contributed by atoms with E-state index in [1.54, 1.807) is 41.3 Å². The van der Waals surface area contributed by atoms with E-state index in [0.717, 1.165) is 30.5 Å². The molecule has 2 aromatic carbocycles. The van der Waals surface area contributed by atoms with Crippen molar-refractivity contribution in [3.05, 3.63) is 59.9 Å². The highest BCUT2D eigenvalue weighted by atomic mass is 32.2. The predicted octanol–water partition coefficient (Wildman–Crippen LogP) is 3.31. The standard InChI is InChI=1S/C20H21FN2O3S/c21-16-5-3-15(4-6-16)14-23(18-7-8-18)27(25,26)19-11-9-17(10-12-19)22-13-1-2-20(22)24/h3-6,9-12,18H,1-2,7-8,13-14H2. The molecule has 0 bridgehead atoms. The molecule has 1 saturated heterocycles. The molecule has 0 atom stereocenters. The maximum atomic E-state index is 13.2. The lowest BCUT2D eigenvalue weighted by Crippen LogP contribution is -2.32. The molecule has 1 aliphatic heterocycles. The molecule has 5 nitrogen and oxygen atoms in total. The lowest BCUT2D eigenvalue weighted by atomic mass is 10.2. The first-order valence-corrected chi connectivity index (χ1v) is 10.6. The molecule has 2 aromatic rings. The molecule has 0 spiro atoms. The van der Waals surface area contributed by atoms with Gasteiger partial charge in [0.1, 0.15) is 5.82 Å². The van der Waals surface area contributed by atoms with E-state index in [2.05, 4.69) is 0 Å². The topological polar surface area (TPSA) is 57.7 Å². The number of hydrogen-bond donors (Lipinski definition) is 0. The molecule has 1 amide bonds. The Morgan fingerprint density at radius 1 is 1.04 bits per heavy atom. The number of benzene rings is 2. The molecule has 2 fully saturated rings. The van der Waals surface area contributed by atoms with Gasteiger partial charge in [-0.15, -0.1) is 0 Å². The Hall–Kier alpha value is -2.25. The van der Waals surface area contributed by atoms with Crippen LogP contribution >= 0.6 is 0 Å². The van der Waals surface area contributed by atoms with Gasteiger partial charge in [0, 0.05) is 31.2 Å². The Labute approximate surface area is 158 Å². The summed E-state index contributed by atoms with van der Waals surface area (Å²) in [4.78, 5) is 13.8. The van der Waals surface area contributed by atoms with Crippen molar-refractivity contribution < 1.29 is 17.6 Å². The predicted molar refractivity (Wildman–Crippen MR) is 100 cm³/mol. The summed E-state index contributed by atoms with van der Waals surface area (Å²) >= 11 is 0. The van der Waals surface area contributed by atoms with Crippen LogP contribution in [0.25, 0.3) is 0 Å². The molecule has 27 heavy (non-hydrogen) atoms.